The summed E-state index contributed by atoms with van der Waals surface area (Å²) in [5.41, 5.74) is 5.60. The number of amides is 1. The van der Waals surface area contributed by atoms with Crippen molar-refractivity contribution < 1.29 is 4.79 Å². The van der Waals surface area contributed by atoms with Crippen molar-refractivity contribution in [2.45, 2.75) is 32.7 Å². The molecule has 4 heteroatoms. The maximum atomic E-state index is 11.9. The average Bonchev–Trinajstić information content (AvgIpc) is 2.78. The number of nitrogens with two attached hydrogens (primary N) is 1. The molecule has 1 heterocycles. The van der Waals surface area contributed by atoms with E-state index in [1.165, 1.54) is 4.88 Å². The van der Waals surface area contributed by atoms with Gasteiger partial charge in [0.15, 0.2) is 0 Å². The maximum absolute atomic E-state index is 11.9. The van der Waals surface area contributed by atoms with Gasteiger partial charge in [-0.3, -0.25) is 4.79 Å². The highest BCUT2D eigenvalue weighted by Gasteiger charge is 2.18. The first-order chi connectivity index (χ1) is 7.69. The minimum Gasteiger partial charge on any atom is -0.348 e. The molecule has 0 aromatic carbocycles. The zero-order valence-electron chi connectivity index (χ0n) is 9.90. The molecule has 1 amide bonds. The Morgan fingerprint density at radius 1 is 1.62 bits per heavy atom. The minimum atomic E-state index is -0.0487. The van der Waals surface area contributed by atoms with Gasteiger partial charge in [0.1, 0.15) is 0 Å². The molecule has 0 aliphatic carbocycles. The second kappa shape index (κ2) is 6.66. The van der Waals surface area contributed by atoms with Crippen molar-refractivity contribution in [2.24, 2.45) is 11.7 Å². The van der Waals surface area contributed by atoms with Gasteiger partial charge in [-0.15, -0.1) is 11.3 Å². The van der Waals surface area contributed by atoms with Crippen LogP contribution in [-0.4, -0.2) is 12.5 Å². The highest BCUT2D eigenvalue weighted by atomic mass is 32.1. The van der Waals surface area contributed by atoms with Crippen LogP contribution in [0.1, 0.15) is 37.6 Å². The lowest BCUT2D eigenvalue weighted by Crippen LogP contribution is -2.36. The molecule has 1 unspecified atom stereocenters. The van der Waals surface area contributed by atoms with Crippen LogP contribution in [0.25, 0.3) is 0 Å². The number of thiophene rings is 1. The van der Waals surface area contributed by atoms with Crippen LogP contribution in [0.15, 0.2) is 17.5 Å². The summed E-state index contributed by atoms with van der Waals surface area (Å²) in [5, 5.41) is 5.03. The summed E-state index contributed by atoms with van der Waals surface area (Å²) in [7, 11) is 0. The van der Waals surface area contributed by atoms with E-state index in [0.717, 1.165) is 12.8 Å². The quantitative estimate of drug-likeness (QED) is 0.801. The van der Waals surface area contributed by atoms with Crippen molar-refractivity contribution in [3.63, 3.8) is 0 Å². The highest BCUT2D eigenvalue weighted by Crippen LogP contribution is 2.18. The lowest BCUT2D eigenvalue weighted by molar-refractivity contribution is -0.125. The van der Waals surface area contributed by atoms with Gasteiger partial charge in [0.05, 0.1) is 12.0 Å². The van der Waals surface area contributed by atoms with E-state index in [-0.39, 0.29) is 17.9 Å². The normalized spacial score (nSPS) is 14.4. The molecule has 0 fully saturated rings. The number of carbonyl (C=O) groups is 1. The topological polar surface area (TPSA) is 55.1 Å². The molecule has 0 saturated heterocycles. The van der Waals surface area contributed by atoms with E-state index in [1.807, 2.05) is 24.4 Å². The van der Waals surface area contributed by atoms with Gasteiger partial charge in [0.2, 0.25) is 5.91 Å². The molecule has 3 N–H and O–H groups in total. The van der Waals surface area contributed by atoms with Crippen LogP contribution in [-0.2, 0) is 4.79 Å². The van der Waals surface area contributed by atoms with Gasteiger partial charge in [-0.05, 0) is 24.8 Å². The lowest BCUT2D eigenvalue weighted by atomic mass is 10.0. The number of hydrogen-bond acceptors (Lipinski definition) is 3. The number of carbonyl (C=O) groups excluding carboxylic acids is 1. The lowest BCUT2D eigenvalue weighted by Gasteiger charge is -2.17. The van der Waals surface area contributed by atoms with Crippen LogP contribution in [0.5, 0.6) is 0 Å². The second-order valence-electron chi connectivity index (χ2n) is 3.97. The summed E-state index contributed by atoms with van der Waals surface area (Å²) < 4.78 is 0. The summed E-state index contributed by atoms with van der Waals surface area (Å²) in [6.07, 6.45) is 1.85. The van der Waals surface area contributed by atoms with E-state index in [2.05, 4.69) is 12.2 Å². The highest BCUT2D eigenvalue weighted by molar-refractivity contribution is 7.10. The fourth-order valence-corrected chi connectivity index (χ4v) is 2.38. The Bertz CT molecular complexity index is 311. The molecule has 0 saturated carbocycles. The Balaban J connectivity index is 2.50. The van der Waals surface area contributed by atoms with Crippen LogP contribution in [0.2, 0.25) is 0 Å². The molecule has 0 bridgehead atoms. The summed E-state index contributed by atoms with van der Waals surface area (Å²) in [6.45, 7) is 4.50. The molecule has 1 rings (SSSR count). The number of rotatable bonds is 6. The number of hydrogen-bond donors (Lipinski definition) is 2. The van der Waals surface area contributed by atoms with E-state index >= 15 is 0 Å². The van der Waals surface area contributed by atoms with Crippen LogP contribution < -0.4 is 11.1 Å². The Hall–Kier alpha value is -0.870. The van der Waals surface area contributed by atoms with Gasteiger partial charge >= 0.3 is 0 Å². The summed E-state index contributed by atoms with van der Waals surface area (Å²) >= 11 is 1.66. The van der Waals surface area contributed by atoms with Gasteiger partial charge in [-0.2, -0.15) is 0 Å². The van der Waals surface area contributed by atoms with Crippen molar-refractivity contribution in [1.82, 2.24) is 5.32 Å². The van der Waals surface area contributed by atoms with E-state index in [4.69, 9.17) is 5.73 Å². The molecule has 16 heavy (non-hydrogen) atoms. The molecule has 3 nitrogen and oxygen atoms in total. The Labute approximate surface area is 101 Å². The zero-order chi connectivity index (χ0) is 12.0. The zero-order valence-corrected chi connectivity index (χ0v) is 10.7. The van der Waals surface area contributed by atoms with Crippen molar-refractivity contribution in [2.75, 3.05) is 6.54 Å². The molecule has 0 spiro atoms. The van der Waals surface area contributed by atoms with E-state index < -0.39 is 0 Å². The first-order valence-corrected chi connectivity index (χ1v) is 6.60. The molecular weight excluding hydrogens is 220 g/mol. The standard InChI is InChI=1S/C12H20N2OS/c1-3-5-10(8-13)12(15)14-9(2)11-6-4-7-16-11/h4,6-7,9-10H,3,5,8,13H2,1-2H3,(H,14,15)/t9-,10?/m1/s1. The predicted molar refractivity (Wildman–Crippen MR) is 68.3 cm³/mol. The summed E-state index contributed by atoms with van der Waals surface area (Å²) in [4.78, 5) is 13.1. The third-order valence-corrected chi connectivity index (χ3v) is 3.68. The maximum Gasteiger partial charge on any atom is 0.224 e. The Morgan fingerprint density at radius 3 is 2.88 bits per heavy atom. The van der Waals surface area contributed by atoms with Gasteiger partial charge in [0.25, 0.3) is 0 Å². The van der Waals surface area contributed by atoms with Crippen molar-refractivity contribution in [3.05, 3.63) is 22.4 Å². The van der Waals surface area contributed by atoms with E-state index in [1.54, 1.807) is 11.3 Å². The average molecular weight is 240 g/mol. The van der Waals surface area contributed by atoms with E-state index in [9.17, 15) is 4.79 Å². The Kier molecular flexibility index (Phi) is 5.49. The largest absolute Gasteiger partial charge is 0.348 e. The monoisotopic (exact) mass is 240 g/mol. The van der Waals surface area contributed by atoms with Crippen LogP contribution in [0.4, 0.5) is 0 Å². The van der Waals surface area contributed by atoms with Gasteiger partial charge in [-0.25, -0.2) is 0 Å². The van der Waals surface area contributed by atoms with Crippen molar-refractivity contribution in [3.8, 4) is 0 Å². The summed E-state index contributed by atoms with van der Waals surface area (Å²) in [5.74, 6) is 0.0256. The fraction of sp³-hybridized carbons (Fsp3) is 0.583. The molecule has 2 atom stereocenters. The van der Waals surface area contributed by atoms with Crippen LogP contribution in [0, 0.1) is 5.92 Å². The van der Waals surface area contributed by atoms with Gasteiger partial charge < -0.3 is 11.1 Å². The van der Waals surface area contributed by atoms with E-state index in [0.29, 0.717) is 6.54 Å². The minimum absolute atomic E-state index is 0.0487. The molecule has 90 valence electrons. The first kappa shape index (κ1) is 13.2. The fourth-order valence-electron chi connectivity index (χ4n) is 1.64. The summed E-state index contributed by atoms with van der Waals surface area (Å²) in [6, 6.07) is 4.11. The molecule has 1 aromatic rings. The molecule has 0 aliphatic heterocycles. The third-order valence-electron chi connectivity index (χ3n) is 2.62. The molecule has 1 aromatic heterocycles. The SMILES string of the molecule is CCCC(CN)C(=O)N[C@H](C)c1cccs1. The predicted octanol–water partition coefficient (Wildman–Crippen LogP) is 2.30. The van der Waals surface area contributed by atoms with Crippen LogP contribution in [0.3, 0.4) is 0 Å². The third kappa shape index (κ3) is 3.61. The second-order valence-corrected chi connectivity index (χ2v) is 4.95. The Morgan fingerprint density at radius 2 is 2.38 bits per heavy atom. The smallest absolute Gasteiger partial charge is 0.224 e. The number of nitrogens with one attached hydrogen (secondary N) is 1. The van der Waals surface area contributed by atoms with Crippen LogP contribution >= 0.6 is 11.3 Å². The molecular formula is C12H20N2OS. The molecule has 0 aliphatic rings. The van der Waals surface area contributed by atoms with Crippen molar-refractivity contribution in [1.29, 1.82) is 0 Å². The molecule has 0 radical (unpaired) electrons. The van der Waals surface area contributed by atoms with Crippen molar-refractivity contribution >= 4 is 17.2 Å². The van der Waals surface area contributed by atoms with Gasteiger partial charge in [-0.1, -0.05) is 19.4 Å². The van der Waals surface area contributed by atoms with Gasteiger partial charge in [0, 0.05) is 11.4 Å². The first-order valence-electron chi connectivity index (χ1n) is 5.72.